The molecule has 0 bridgehead atoms. The number of benzene rings is 4. The van der Waals surface area contributed by atoms with E-state index in [0.717, 1.165) is 20.9 Å². The van der Waals surface area contributed by atoms with Gasteiger partial charge in [0.15, 0.2) is 6.10 Å². The maximum atomic E-state index is 12.6. The molecule has 0 heterocycles. The van der Waals surface area contributed by atoms with Crippen molar-refractivity contribution in [2.75, 3.05) is 23.4 Å². The maximum absolute atomic E-state index is 12.6. The Morgan fingerprint density at radius 3 is 2.10 bits per heavy atom. The Hall–Kier alpha value is -3.96. The van der Waals surface area contributed by atoms with Gasteiger partial charge < -0.3 is 24.0 Å². The summed E-state index contributed by atoms with van der Waals surface area (Å²) in [5.74, 6) is -1.51. The highest BCUT2D eigenvalue weighted by atomic mass is 35.5. The number of carbonyl (C=O) groups excluding carboxylic acids is 1. The average Bonchev–Trinajstić information content (AvgIpc) is 2.97. The summed E-state index contributed by atoms with van der Waals surface area (Å²) in [5, 5.41) is 11.5. The quantitative estimate of drug-likeness (QED) is 0.150. The minimum atomic E-state index is -2.71. The lowest BCUT2D eigenvalue weighted by atomic mass is 10.0. The van der Waals surface area contributed by atoms with Crippen molar-refractivity contribution in [1.29, 1.82) is 0 Å². The van der Waals surface area contributed by atoms with Gasteiger partial charge in [-0.3, -0.25) is 13.3 Å². The fourth-order valence-corrected chi connectivity index (χ4v) is 5.72. The van der Waals surface area contributed by atoms with Crippen LogP contribution < -0.4 is 9.21 Å². The molecule has 0 aromatic heterocycles. The first-order chi connectivity index (χ1) is 20.2. The molecule has 0 saturated carbocycles. The van der Waals surface area contributed by atoms with Crippen LogP contribution in [0.1, 0.15) is 30.6 Å². The van der Waals surface area contributed by atoms with Crippen molar-refractivity contribution in [3.8, 4) is 0 Å². The standard InChI is InChI=1S/C31H31ClN2O7S/c1-20(18-29(35)36)33(19-22-8-4-7-11-26(22)32)27-16-17-28(25-10-6-5-9-24(25)27)34(42(38)39)23-14-12-21(13-15-23)30(40-2)31(37)41-3/h4-17,20,30H,18-19H2,1-3H3,(H,35,36)(H,38,39)/p-1/t20-,30?/m0/s1. The molecular weight excluding hydrogens is 580 g/mol. The van der Waals surface area contributed by atoms with E-state index >= 15 is 0 Å². The summed E-state index contributed by atoms with van der Waals surface area (Å²) in [5.41, 5.74) is 2.81. The lowest BCUT2D eigenvalue weighted by Gasteiger charge is -2.34. The SMILES string of the molecule is COC(=O)C(OC)c1ccc(N(c2ccc(N(Cc3ccccc3Cl)[C@@H](C)CC(=O)O)c3ccccc23)S(=O)[O-])cc1. The van der Waals surface area contributed by atoms with Gasteiger partial charge in [0, 0.05) is 41.2 Å². The number of esters is 1. The lowest BCUT2D eigenvalue weighted by Crippen LogP contribution is -2.34. The smallest absolute Gasteiger partial charge is 0.339 e. The fourth-order valence-electron chi connectivity index (χ4n) is 4.91. The van der Waals surface area contributed by atoms with Gasteiger partial charge in [-0.15, -0.1) is 0 Å². The number of halogens is 1. The van der Waals surface area contributed by atoms with Gasteiger partial charge >= 0.3 is 11.9 Å². The van der Waals surface area contributed by atoms with Gasteiger partial charge in [-0.1, -0.05) is 66.2 Å². The maximum Gasteiger partial charge on any atom is 0.339 e. The van der Waals surface area contributed by atoms with E-state index < -0.39 is 35.4 Å². The second-order valence-electron chi connectivity index (χ2n) is 9.56. The number of fused-ring (bicyclic) bond motifs is 1. The Kier molecular flexibility index (Phi) is 10.2. The van der Waals surface area contributed by atoms with Crippen LogP contribution in [0.3, 0.4) is 0 Å². The topological polar surface area (TPSA) is 119 Å². The Morgan fingerprint density at radius 1 is 0.929 bits per heavy atom. The summed E-state index contributed by atoms with van der Waals surface area (Å²) in [7, 11) is 2.65. The molecule has 42 heavy (non-hydrogen) atoms. The van der Waals surface area contributed by atoms with E-state index in [2.05, 4.69) is 0 Å². The molecule has 4 aromatic rings. The van der Waals surface area contributed by atoms with Crippen LogP contribution in [-0.2, 0) is 36.9 Å². The Balaban J connectivity index is 1.82. The largest absolute Gasteiger partial charge is 0.755 e. The van der Waals surface area contributed by atoms with Crippen LogP contribution in [0.2, 0.25) is 5.02 Å². The third kappa shape index (κ3) is 6.74. The number of ether oxygens (including phenoxy) is 2. The first-order valence-electron chi connectivity index (χ1n) is 13.0. The van der Waals surface area contributed by atoms with Gasteiger partial charge in [0.1, 0.15) is 0 Å². The van der Waals surface area contributed by atoms with E-state index in [1.54, 1.807) is 42.5 Å². The van der Waals surface area contributed by atoms with Crippen molar-refractivity contribution < 1.29 is 32.9 Å². The number of carboxylic acid groups (broad SMARTS) is 1. The van der Waals surface area contributed by atoms with Crippen LogP contribution in [0.15, 0.2) is 84.9 Å². The lowest BCUT2D eigenvalue weighted by molar-refractivity contribution is -0.152. The number of carbonyl (C=O) groups is 2. The number of methoxy groups -OCH3 is 2. The number of hydrogen-bond donors (Lipinski definition) is 1. The highest BCUT2D eigenvalue weighted by molar-refractivity contribution is 7.81. The average molecular weight is 610 g/mol. The van der Waals surface area contributed by atoms with Gasteiger partial charge in [-0.05, 0) is 48.4 Å². The fraction of sp³-hybridized carbons (Fsp3) is 0.226. The Labute approximate surface area is 251 Å². The molecule has 0 aliphatic heterocycles. The molecule has 11 heteroatoms. The van der Waals surface area contributed by atoms with Crippen LogP contribution >= 0.6 is 11.6 Å². The molecule has 0 radical (unpaired) electrons. The first kappa shape index (κ1) is 31.0. The summed E-state index contributed by atoms with van der Waals surface area (Å²) < 4.78 is 36.5. The summed E-state index contributed by atoms with van der Waals surface area (Å²) in [6.45, 7) is 2.17. The summed E-state index contributed by atoms with van der Waals surface area (Å²) in [6, 6.07) is 24.2. The third-order valence-corrected chi connectivity index (χ3v) is 8.01. The van der Waals surface area contributed by atoms with E-state index in [1.165, 1.54) is 14.2 Å². The summed E-state index contributed by atoms with van der Waals surface area (Å²) in [6.07, 6.45) is -1.07. The number of nitrogens with zero attached hydrogens (tertiary/aromatic N) is 2. The molecule has 0 aliphatic carbocycles. The minimum absolute atomic E-state index is 0.113. The normalized spacial score (nSPS) is 13.3. The molecule has 1 N–H and O–H groups in total. The zero-order valence-electron chi connectivity index (χ0n) is 23.2. The highest BCUT2D eigenvalue weighted by Gasteiger charge is 2.24. The highest BCUT2D eigenvalue weighted by Crippen LogP contribution is 2.40. The molecule has 0 fully saturated rings. The molecule has 3 atom stereocenters. The molecular formula is C31H30ClN2O7S-. The van der Waals surface area contributed by atoms with E-state index in [-0.39, 0.29) is 6.42 Å². The second kappa shape index (κ2) is 13.8. The Bertz CT molecular complexity index is 1600. The van der Waals surface area contributed by atoms with E-state index in [9.17, 15) is 23.5 Å². The molecule has 9 nitrogen and oxygen atoms in total. The van der Waals surface area contributed by atoms with Crippen molar-refractivity contribution in [1.82, 2.24) is 0 Å². The minimum Gasteiger partial charge on any atom is -0.755 e. The van der Waals surface area contributed by atoms with Gasteiger partial charge in [-0.2, -0.15) is 0 Å². The van der Waals surface area contributed by atoms with Crippen molar-refractivity contribution >= 4 is 62.6 Å². The number of anilines is 3. The van der Waals surface area contributed by atoms with Crippen LogP contribution in [-0.4, -0.2) is 46.1 Å². The van der Waals surface area contributed by atoms with Gasteiger partial charge in [0.25, 0.3) is 0 Å². The zero-order valence-corrected chi connectivity index (χ0v) is 24.8. The van der Waals surface area contributed by atoms with Crippen LogP contribution in [0.5, 0.6) is 0 Å². The zero-order chi connectivity index (χ0) is 30.4. The number of aliphatic carboxylic acids is 1. The second-order valence-corrected chi connectivity index (χ2v) is 10.8. The van der Waals surface area contributed by atoms with Crippen molar-refractivity contribution in [3.63, 3.8) is 0 Å². The van der Waals surface area contributed by atoms with Crippen LogP contribution in [0.4, 0.5) is 17.1 Å². The monoisotopic (exact) mass is 609 g/mol. The van der Waals surface area contributed by atoms with Crippen molar-refractivity contribution in [3.05, 3.63) is 101 Å². The number of hydrogen-bond acceptors (Lipinski definition) is 7. The van der Waals surface area contributed by atoms with E-state index in [0.29, 0.717) is 33.9 Å². The van der Waals surface area contributed by atoms with Gasteiger partial charge in [0.2, 0.25) is 0 Å². The molecule has 4 rings (SSSR count). The molecule has 0 aliphatic rings. The number of rotatable bonds is 12. The van der Waals surface area contributed by atoms with Crippen molar-refractivity contribution in [2.45, 2.75) is 32.0 Å². The van der Waals surface area contributed by atoms with Gasteiger partial charge in [-0.25, -0.2) is 4.79 Å². The van der Waals surface area contributed by atoms with Crippen LogP contribution in [0.25, 0.3) is 10.8 Å². The number of carboxylic acids is 1. The van der Waals surface area contributed by atoms with Crippen molar-refractivity contribution in [2.24, 2.45) is 0 Å². The summed E-state index contributed by atoms with van der Waals surface area (Å²) in [4.78, 5) is 25.7. The predicted molar refractivity (Wildman–Crippen MR) is 163 cm³/mol. The molecule has 2 unspecified atom stereocenters. The third-order valence-electron chi connectivity index (χ3n) is 6.94. The molecule has 4 aromatic carbocycles. The first-order valence-corrected chi connectivity index (χ1v) is 14.4. The van der Waals surface area contributed by atoms with E-state index in [1.807, 2.05) is 54.3 Å². The van der Waals surface area contributed by atoms with E-state index in [4.69, 9.17) is 21.1 Å². The molecule has 0 saturated heterocycles. The molecule has 0 spiro atoms. The molecule has 0 amide bonds. The Morgan fingerprint density at radius 2 is 1.52 bits per heavy atom. The summed E-state index contributed by atoms with van der Waals surface area (Å²) >= 11 is 3.76. The van der Waals surface area contributed by atoms with Crippen LogP contribution in [0, 0.1) is 0 Å². The molecule has 220 valence electrons. The van der Waals surface area contributed by atoms with Gasteiger partial charge in [0.05, 0.1) is 36.2 Å². The predicted octanol–water partition coefficient (Wildman–Crippen LogP) is 6.16.